The van der Waals surface area contributed by atoms with E-state index in [0.717, 1.165) is 29.1 Å². The molecular weight excluding hydrogens is 409 g/mol. The molecule has 0 aliphatic carbocycles. The molecule has 0 bridgehead atoms. The van der Waals surface area contributed by atoms with Crippen molar-refractivity contribution in [3.8, 4) is 16.9 Å². The molecule has 0 fully saturated rings. The van der Waals surface area contributed by atoms with E-state index >= 15 is 0 Å². The van der Waals surface area contributed by atoms with Crippen LogP contribution in [-0.2, 0) is 11.2 Å². The van der Waals surface area contributed by atoms with Crippen LogP contribution in [0, 0.1) is 5.82 Å². The molecule has 1 aliphatic heterocycles. The van der Waals surface area contributed by atoms with Crippen LogP contribution >= 0.6 is 11.8 Å². The van der Waals surface area contributed by atoms with Gasteiger partial charge in [-0.3, -0.25) is 9.36 Å². The van der Waals surface area contributed by atoms with Crippen molar-refractivity contribution < 1.29 is 9.18 Å². The van der Waals surface area contributed by atoms with Crippen molar-refractivity contribution in [2.75, 3.05) is 17.2 Å². The predicted molar refractivity (Wildman–Crippen MR) is 122 cm³/mol. The minimum Gasteiger partial charge on any atom is -0.311 e. The Morgan fingerprint density at radius 1 is 0.968 bits per heavy atom. The van der Waals surface area contributed by atoms with Gasteiger partial charge in [0, 0.05) is 23.5 Å². The van der Waals surface area contributed by atoms with E-state index in [1.54, 1.807) is 18.3 Å². The van der Waals surface area contributed by atoms with Crippen LogP contribution in [0.4, 0.5) is 10.1 Å². The minimum atomic E-state index is -0.290. The van der Waals surface area contributed by atoms with Crippen LogP contribution < -0.4 is 4.90 Å². The lowest BCUT2D eigenvalue weighted by Gasteiger charge is -2.17. The number of nitrogens with zero attached hydrogens (tertiary/aromatic N) is 3. The Bertz CT molecular complexity index is 1220. The van der Waals surface area contributed by atoms with Crippen molar-refractivity contribution in [2.24, 2.45) is 0 Å². The van der Waals surface area contributed by atoms with Gasteiger partial charge in [-0.2, -0.15) is 0 Å². The minimum absolute atomic E-state index is 0.0601. The highest BCUT2D eigenvalue weighted by molar-refractivity contribution is 7.99. The van der Waals surface area contributed by atoms with Gasteiger partial charge in [0.2, 0.25) is 5.91 Å². The summed E-state index contributed by atoms with van der Waals surface area (Å²) in [5.74, 6) is 0.0490. The molecule has 1 aromatic heterocycles. The Labute approximate surface area is 184 Å². The second-order valence-corrected chi connectivity index (χ2v) is 8.26. The van der Waals surface area contributed by atoms with Crippen LogP contribution in [-0.4, -0.2) is 27.8 Å². The molecule has 4 aromatic rings. The number of fused-ring (bicyclic) bond motifs is 1. The molecule has 3 aromatic carbocycles. The first-order valence-electron chi connectivity index (χ1n) is 10.1. The third kappa shape index (κ3) is 3.86. The van der Waals surface area contributed by atoms with Crippen LogP contribution in [0.5, 0.6) is 0 Å². The molecular formula is C25H20FN3OS. The van der Waals surface area contributed by atoms with E-state index in [4.69, 9.17) is 0 Å². The van der Waals surface area contributed by atoms with Gasteiger partial charge in [0.25, 0.3) is 0 Å². The molecule has 2 heterocycles. The Morgan fingerprint density at radius 3 is 2.52 bits per heavy atom. The molecule has 5 rings (SSSR count). The van der Waals surface area contributed by atoms with Gasteiger partial charge < -0.3 is 4.90 Å². The number of aromatic nitrogens is 2. The van der Waals surface area contributed by atoms with Crippen molar-refractivity contribution in [3.05, 3.63) is 96.4 Å². The number of anilines is 1. The van der Waals surface area contributed by atoms with Crippen LogP contribution in [0.15, 0.2) is 90.2 Å². The third-order valence-electron chi connectivity index (χ3n) is 5.40. The monoisotopic (exact) mass is 429 g/mol. The van der Waals surface area contributed by atoms with Gasteiger partial charge in [0.15, 0.2) is 5.16 Å². The van der Waals surface area contributed by atoms with E-state index in [1.807, 2.05) is 58.0 Å². The SMILES string of the molecule is O=C(CSc1ncc(-c2ccccc2)n1-c1ccc(F)cc1)N1CCc2ccccc21. The molecule has 31 heavy (non-hydrogen) atoms. The van der Waals surface area contributed by atoms with Gasteiger partial charge in [-0.1, -0.05) is 60.3 Å². The van der Waals surface area contributed by atoms with Crippen LogP contribution in [0.2, 0.25) is 0 Å². The fourth-order valence-corrected chi connectivity index (χ4v) is 4.76. The Hall–Kier alpha value is -3.38. The number of carbonyl (C=O) groups is 1. The van der Waals surface area contributed by atoms with Gasteiger partial charge in [-0.25, -0.2) is 9.37 Å². The Balaban J connectivity index is 1.44. The van der Waals surface area contributed by atoms with Crippen molar-refractivity contribution in [1.82, 2.24) is 9.55 Å². The number of rotatable bonds is 5. The second kappa shape index (κ2) is 8.40. The van der Waals surface area contributed by atoms with Crippen molar-refractivity contribution in [1.29, 1.82) is 0 Å². The molecule has 0 saturated carbocycles. The van der Waals surface area contributed by atoms with E-state index in [9.17, 15) is 9.18 Å². The van der Waals surface area contributed by atoms with E-state index in [2.05, 4.69) is 11.1 Å². The average Bonchev–Trinajstić information content (AvgIpc) is 3.43. The van der Waals surface area contributed by atoms with Crippen LogP contribution in [0.3, 0.4) is 0 Å². The van der Waals surface area contributed by atoms with Crippen molar-refractivity contribution >= 4 is 23.4 Å². The van der Waals surface area contributed by atoms with Gasteiger partial charge in [-0.15, -0.1) is 0 Å². The highest BCUT2D eigenvalue weighted by atomic mass is 32.2. The number of hydrogen-bond acceptors (Lipinski definition) is 3. The highest BCUT2D eigenvalue weighted by Gasteiger charge is 2.25. The molecule has 0 N–H and O–H groups in total. The number of thioether (sulfide) groups is 1. The van der Waals surface area contributed by atoms with Gasteiger partial charge in [0.1, 0.15) is 5.82 Å². The van der Waals surface area contributed by atoms with E-state index in [1.165, 1.54) is 29.5 Å². The molecule has 0 saturated heterocycles. The molecule has 0 atom stereocenters. The fourth-order valence-electron chi connectivity index (χ4n) is 3.89. The summed E-state index contributed by atoms with van der Waals surface area (Å²) in [5, 5.41) is 0.700. The van der Waals surface area contributed by atoms with Crippen molar-refractivity contribution in [2.45, 2.75) is 11.6 Å². The highest BCUT2D eigenvalue weighted by Crippen LogP contribution is 2.32. The zero-order chi connectivity index (χ0) is 21.2. The summed E-state index contributed by atoms with van der Waals surface area (Å²) in [6, 6.07) is 24.3. The molecule has 0 unspecified atom stereocenters. The summed E-state index contributed by atoms with van der Waals surface area (Å²) in [4.78, 5) is 19.4. The maximum Gasteiger partial charge on any atom is 0.237 e. The first kappa shape index (κ1) is 19.6. The smallest absolute Gasteiger partial charge is 0.237 e. The number of halogens is 1. The van der Waals surface area contributed by atoms with Crippen LogP contribution in [0.25, 0.3) is 16.9 Å². The molecule has 4 nitrogen and oxygen atoms in total. The second-order valence-electron chi connectivity index (χ2n) is 7.32. The summed E-state index contributed by atoms with van der Waals surface area (Å²) >= 11 is 1.40. The Morgan fingerprint density at radius 2 is 1.71 bits per heavy atom. The zero-order valence-electron chi connectivity index (χ0n) is 16.7. The number of carbonyl (C=O) groups excluding carboxylic acids is 1. The number of amides is 1. The van der Waals surface area contributed by atoms with Gasteiger partial charge in [-0.05, 0) is 42.3 Å². The topological polar surface area (TPSA) is 38.1 Å². The van der Waals surface area contributed by atoms with E-state index in [0.29, 0.717) is 11.7 Å². The molecule has 0 spiro atoms. The molecule has 0 radical (unpaired) electrons. The van der Waals surface area contributed by atoms with Crippen LogP contribution in [0.1, 0.15) is 5.56 Å². The number of benzene rings is 3. The van der Waals surface area contributed by atoms with E-state index < -0.39 is 0 Å². The first-order chi connectivity index (χ1) is 15.2. The van der Waals surface area contributed by atoms with Crippen molar-refractivity contribution in [3.63, 3.8) is 0 Å². The number of imidazole rings is 1. The standard InChI is InChI=1S/C25H20FN3OS/c26-20-10-12-21(13-11-20)29-23(18-6-2-1-3-7-18)16-27-25(29)31-17-24(30)28-15-14-19-8-4-5-9-22(19)28/h1-13,16H,14-15,17H2. The summed E-state index contributed by atoms with van der Waals surface area (Å²) in [6.45, 7) is 0.709. The normalized spacial score (nSPS) is 12.7. The number of hydrogen-bond donors (Lipinski definition) is 0. The summed E-state index contributed by atoms with van der Waals surface area (Å²) < 4.78 is 15.5. The summed E-state index contributed by atoms with van der Waals surface area (Å²) in [6.07, 6.45) is 2.69. The maximum atomic E-state index is 13.5. The molecule has 6 heteroatoms. The lowest BCUT2D eigenvalue weighted by Crippen LogP contribution is -2.30. The van der Waals surface area contributed by atoms with Gasteiger partial charge >= 0.3 is 0 Å². The third-order valence-corrected chi connectivity index (χ3v) is 6.33. The molecule has 1 aliphatic rings. The fraction of sp³-hybridized carbons (Fsp3) is 0.120. The van der Waals surface area contributed by atoms with Gasteiger partial charge in [0.05, 0.1) is 17.6 Å². The number of para-hydroxylation sites is 1. The lowest BCUT2D eigenvalue weighted by atomic mass is 10.1. The average molecular weight is 430 g/mol. The Kier molecular flexibility index (Phi) is 5.30. The lowest BCUT2D eigenvalue weighted by molar-refractivity contribution is -0.116. The molecule has 1 amide bonds. The van der Waals surface area contributed by atoms with E-state index in [-0.39, 0.29) is 17.5 Å². The quantitative estimate of drug-likeness (QED) is 0.401. The molecule has 154 valence electrons. The first-order valence-corrected chi connectivity index (χ1v) is 11.1. The predicted octanol–water partition coefficient (Wildman–Crippen LogP) is 5.36. The zero-order valence-corrected chi connectivity index (χ0v) is 17.6. The summed E-state index contributed by atoms with van der Waals surface area (Å²) in [7, 11) is 0. The maximum absolute atomic E-state index is 13.5. The largest absolute Gasteiger partial charge is 0.311 e. The summed E-state index contributed by atoms with van der Waals surface area (Å²) in [5.41, 5.74) is 4.92.